The van der Waals surface area contributed by atoms with Gasteiger partial charge in [0.25, 0.3) is 0 Å². The summed E-state index contributed by atoms with van der Waals surface area (Å²) in [5.74, 6) is 0.553. The Balaban J connectivity index is 2.99. The van der Waals surface area contributed by atoms with Gasteiger partial charge in [-0.05, 0) is 43.9 Å². The van der Waals surface area contributed by atoms with E-state index in [9.17, 15) is 5.11 Å². The van der Waals surface area contributed by atoms with E-state index in [2.05, 4.69) is 52.8 Å². The second kappa shape index (κ2) is 5.24. The van der Waals surface area contributed by atoms with Crippen LogP contribution in [0.3, 0.4) is 0 Å². The van der Waals surface area contributed by atoms with Crippen LogP contribution in [-0.2, 0) is 0 Å². The molecule has 0 amide bonds. The van der Waals surface area contributed by atoms with Crippen molar-refractivity contribution >= 4 is 11.8 Å². The molecule has 0 aromatic heterocycles. The number of aliphatic hydroxyl groups excluding tert-OH is 1. The maximum Gasteiger partial charge on any atom is 0.0576 e. The Bertz CT molecular complexity index is 356. The smallest absolute Gasteiger partial charge is 0.0576 e. The maximum absolute atomic E-state index is 9.30. The summed E-state index contributed by atoms with van der Waals surface area (Å²) < 4.78 is -0.111. The van der Waals surface area contributed by atoms with Crippen molar-refractivity contribution in [2.45, 2.75) is 50.2 Å². The standard InChI is InChI=1S/C14H22OS/c1-10(2)12-7-6-11(3)13(8-12)16-14(4,5)9-15/h6-8,10,15H,9H2,1-5H3. The predicted octanol–water partition coefficient (Wildman–Crippen LogP) is 3.98. The summed E-state index contributed by atoms with van der Waals surface area (Å²) in [5, 5.41) is 9.30. The Kier molecular flexibility index (Phi) is 4.45. The number of benzene rings is 1. The van der Waals surface area contributed by atoms with Gasteiger partial charge in [0.1, 0.15) is 0 Å². The monoisotopic (exact) mass is 238 g/mol. The Labute approximate surface area is 103 Å². The van der Waals surface area contributed by atoms with Crippen molar-refractivity contribution in [3.05, 3.63) is 29.3 Å². The summed E-state index contributed by atoms with van der Waals surface area (Å²) in [5.41, 5.74) is 2.65. The summed E-state index contributed by atoms with van der Waals surface area (Å²) in [4.78, 5) is 1.28. The van der Waals surface area contributed by atoms with E-state index >= 15 is 0 Å². The first-order valence-electron chi connectivity index (χ1n) is 5.76. The molecule has 0 atom stereocenters. The fourth-order valence-electron chi connectivity index (χ4n) is 1.42. The van der Waals surface area contributed by atoms with Crippen LogP contribution >= 0.6 is 11.8 Å². The van der Waals surface area contributed by atoms with Gasteiger partial charge in [-0.2, -0.15) is 0 Å². The second-order valence-corrected chi connectivity index (χ2v) is 6.95. The maximum atomic E-state index is 9.30. The molecule has 1 N–H and O–H groups in total. The molecule has 0 unspecified atom stereocenters. The summed E-state index contributed by atoms with van der Waals surface area (Å²) in [6.07, 6.45) is 0. The van der Waals surface area contributed by atoms with Crippen molar-refractivity contribution in [2.75, 3.05) is 6.61 Å². The number of hydrogen-bond donors (Lipinski definition) is 1. The molecule has 90 valence electrons. The van der Waals surface area contributed by atoms with Gasteiger partial charge in [-0.3, -0.25) is 0 Å². The van der Waals surface area contributed by atoms with E-state index in [1.165, 1.54) is 16.0 Å². The molecule has 0 saturated heterocycles. The first-order valence-corrected chi connectivity index (χ1v) is 6.58. The molecule has 1 rings (SSSR count). The lowest BCUT2D eigenvalue weighted by atomic mass is 10.0. The Morgan fingerprint density at radius 1 is 1.31 bits per heavy atom. The van der Waals surface area contributed by atoms with Crippen molar-refractivity contribution < 1.29 is 5.11 Å². The molecule has 1 aromatic rings. The summed E-state index contributed by atoms with van der Waals surface area (Å²) in [6, 6.07) is 6.61. The Morgan fingerprint density at radius 2 is 1.94 bits per heavy atom. The molecule has 0 aliphatic heterocycles. The first kappa shape index (κ1) is 13.6. The summed E-state index contributed by atoms with van der Waals surface area (Å²) >= 11 is 1.75. The molecular weight excluding hydrogens is 216 g/mol. The third-order valence-electron chi connectivity index (χ3n) is 2.65. The quantitative estimate of drug-likeness (QED) is 0.801. The minimum Gasteiger partial charge on any atom is -0.395 e. The van der Waals surface area contributed by atoms with Crippen molar-refractivity contribution in [3.8, 4) is 0 Å². The molecule has 0 radical (unpaired) electrons. The molecule has 0 aliphatic carbocycles. The van der Waals surface area contributed by atoms with Crippen LogP contribution < -0.4 is 0 Å². The fraction of sp³-hybridized carbons (Fsp3) is 0.571. The van der Waals surface area contributed by atoms with E-state index in [1.54, 1.807) is 11.8 Å². The van der Waals surface area contributed by atoms with E-state index < -0.39 is 0 Å². The van der Waals surface area contributed by atoms with Crippen LogP contribution in [0.5, 0.6) is 0 Å². The number of thioether (sulfide) groups is 1. The van der Waals surface area contributed by atoms with E-state index in [1.807, 2.05) is 0 Å². The minimum absolute atomic E-state index is 0.111. The van der Waals surface area contributed by atoms with E-state index in [-0.39, 0.29) is 11.4 Å². The van der Waals surface area contributed by atoms with Crippen molar-refractivity contribution in [3.63, 3.8) is 0 Å². The van der Waals surface area contributed by atoms with Gasteiger partial charge < -0.3 is 5.11 Å². The Morgan fingerprint density at radius 3 is 2.44 bits per heavy atom. The largest absolute Gasteiger partial charge is 0.395 e. The van der Waals surface area contributed by atoms with Gasteiger partial charge in [0.2, 0.25) is 0 Å². The van der Waals surface area contributed by atoms with Crippen LogP contribution in [0.4, 0.5) is 0 Å². The molecule has 0 bridgehead atoms. The van der Waals surface area contributed by atoms with Crippen LogP contribution in [0.15, 0.2) is 23.1 Å². The van der Waals surface area contributed by atoms with Gasteiger partial charge in [-0.15, -0.1) is 11.8 Å². The van der Waals surface area contributed by atoms with Gasteiger partial charge in [0, 0.05) is 9.64 Å². The van der Waals surface area contributed by atoms with Gasteiger partial charge >= 0.3 is 0 Å². The summed E-state index contributed by atoms with van der Waals surface area (Å²) in [7, 11) is 0. The van der Waals surface area contributed by atoms with Crippen molar-refractivity contribution in [2.24, 2.45) is 0 Å². The minimum atomic E-state index is -0.111. The summed E-state index contributed by atoms with van der Waals surface area (Å²) in [6.45, 7) is 10.9. The number of rotatable bonds is 4. The number of aliphatic hydroxyl groups is 1. The van der Waals surface area contributed by atoms with Gasteiger partial charge in [-0.25, -0.2) is 0 Å². The van der Waals surface area contributed by atoms with Crippen LogP contribution in [0.1, 0.15) is 44.7 Å². The molecule has 1 aromatic carbocycles. The van der Waals surface area contributed by atoms with Crippen molar-refractivity contribution in [1.82, 2.24) is 0 Å². The highest BCUT2D eigenvalue weighted by atomic mass is 32.2. The Hall–Kier alpha value is -0.470. The van der Waals surface area contributed by atoms with Crippen LogP contribution in [0.25, 0.3) is 0 Å². The average molecular weight is 238 g/mol. The third kappa shape index (κ3) is 3.53. The van der Waals surface area contributed by atoms with E-state index in [0.717, 1.165) is 0 Å². The topological polar surface area (TPSA) is 20.2 Å². The fourth-order valence-corrected chi connectivity index (χ4v) is 2.50. The number of aryl methyl sites for hydroxylation is 1. The van der Waals surface area contributed by atoms with Crippen LogP contribution in [-0.4, -0.2) is 16.5 Å². The van der Waals surface area contributed by atoms with Gasteiger partial charge in [-0.1, -0.05) is 26.0 Å². The normalized spacial score (nSPS) is 12.2. The lowest BCUT2D eigenvalue weighted by molar-refractivity contribution is 0.265. The molecule has 0 heterocycles. The molecule has 16 heavy (non-hydrogen) atoms. The zero-order chi connectivity index (χ0) is 12.3. The number of hydrogen-bond acceptors (Lipinski definition) is 2. The van der Waals surface area contributed by atoms with E-state index in [0.29, 0.717) is 5.92 Å². The van der Waals surface area contributed by atoms with Crippen LogP contribution in [0, 0.1) is 6.92 Å². The third-order valence-corrected chi connectivity index (χ3v) is 3.99. The molecule has 0 spiro atoms. The van der Waals surface area contributed by atoms with E-state index in [4.69, 9.17) is 0 Å². The molecule has 0 fully saturated rings. The lowest BCUT2D eigenvalue weighted by Gasteiger charge is -2.22. The highest BCUT2D eigenvalue weighted by Gasteiger charge is 2.19. The van der Waals surface area contributed by atoms with Crippen LogP contribution in [0.2, 0.25) is 0 Å². The molecule has 0 aliphatic rings. The lowest BCUT2D eigenvalue weighted by Crippen LogP contribution is -2.19. The average Bonchev–Trinajstić information content (AvgIpc) is 2.21. The SMILES string of the molecule is Cc1ccc(C(C)C)cc1SC(C)(C)CO. The molecule has 1 nitrogen and oxygen atoms in total. The molecule has 0 saturated carbocycles. The molecular formula is C14H22OS. The van der Waals surface area contributed by atoms with Gasteiger partial charge in [0.05, 0.1) is 6.61 Å². The predicted molar refractivity (Wildman–Crippen MR) is 72.3 cm³/mol. The second-order valence-electron chi connectivity index (χ2n) is 5.20. The van der Waals surface area contributed by atoms with Crippen molar-refractivity contribution in [1.29, 1.82) is 0 Å². The highest BCUT2D eigenvalue weighted by Crippen LogP contribution is 2.35. The van der Waals surface area contributed by atoms with Gasteiger partial charge in [0.15, 0.2) is 0 Å². The first-order chi connectivity index (χ1) is 7.35. The molecule has 2 heteroatoms. The highest BCUT2D eigenvalue weighted by molar-refractivity contribution is 8.00. The zero-order valence-electron chi connectivity index (χ0n) is 10.9. The zero-order valence-corrected chi connectivity index (χ0v) is 11.7.